The highest BCUT2D eigenvalue weighted by atomic mass is 16.5. The number of carbonyl (C=O) groups is 1. The molecule has 0 saturated carbocycles. The summed E-state index contributed by atoms with van der Waals surface area (Å²) in [6, 6.07) is 0.0436. The fourth-order valence-electron chi connectivity index (χ4n) is 3.07. The van der Waals surface area contributed by atoms with Gasteiger partial charge in [-0.3, -0.25) is 14.6 Å². The van der Waals surface area contributed by atoms with E-state index in [9.17, 15) is 4.79 Å². The van der Waals surface area contributed by atoms with Crippen LogP contribution in [-0.4, -0.2) is 85.7 Å². The van der Waals surface area contributed by atoms with E-state index in [0.717, 1.165) is 59.0 Å². The Balaban J connectivity index is 1.71. The van der Waals surface area contributed by atoms with Crippen LogP contribution in [0.3, 0.4) is 0 Å². The van der Waals surface area contributed by atoms with Crippen molar-refractivity contribution in [1.82, 2.24) is 14.7 Å². The summed E-state index contributed by atoms with van der Waals surface area (Å²) in [5.74, 6) is 0.324. The number of likely N-dealkylation sites (tertiary alicyclic amines) is 1. The van der Waals surface area contributed by atoms with Crippen molar-refractivity contribution in [3.63, 3.8) is 0 Å². The molecule has 0 aliphatic carbocycles. The molecule has 0 N–H and O–H groups in total. The van der Waals surface area contributed by atoms with Crippen LogP contribution in [0, 0.1) is 0 Å². The first-order valence-corrected chi connectivity index (χ1v) is 8.05. The Morgan fingerprint density at radius 1 is 1.10 bits per heavy atom. The van der Waals surface area contributed by atoms with Crippen LogP contribution in [0.2, 0.25) is 0 Å². The Bertz CT molecular complexity index is 297. The van der Waals surface area contributed by atoms with Crippen LogP contribution in [0.25, 0.3) is 0 Å². The summed E-state index contributed by atoms with van der Waals surface area (Å²) in [7, 11) is 0. The summed E-state index contributed by atoms with van der Waals surface area (Å²) in [4.78, 5) is 19.2. The summed E-state index contributed by atoms with van der Waals surface area (Å²) >= 11 is 0. The van der Waals surface area contributed by atoms with Crippen molar-refractivity contribution < 1.29 is 9.53 Å². The highest BCUT2D eigenvalue weighted by Gasteiger charge is 2.29. The van der Waals surface area contributed by atoms with Gasteiger partial charge in [-0.1, -0.05) is 0 Å². The van der Waals surface area contributed by atoms with E-state index in [2.05, 4.69) is 16.7 Å². The molecule has 5 heteroatoms. The first kappa shape index (κ1) is 15.7. The lowest BCUT2D eigenvalue weighted by Gasteiger charge is -2.38. The van der Waals surface area contributed by atoms with Gasteiger partial charge in [-0.05, 0) is 26.7 Å². The summed E-state index contributed by atoms with van der Waals surface area (Å²) in [6.07, 6.45) is 2.34. The Morgan fingerprint density at radius 3 is 2.35 bits per heavy atom. The maximum atomic E-state index is 12.4. The highest BCUT2D eigenvalue weighted by Crippen LogP contribution is 2.13. The van der Waals surface area contributed by atoms with E-state index in [4.69, 9.17) is 4.74 Å². The van der Waals surface area contributed by atoms with Crippen molar-refractivity contribution in [1.29, 1.82) is 0 Å². The molecule has 0 bridgehead atoms. The van der Waals surface area contributed by atoms with Crippen LogP contribution in [0.4, 0.5) is 0 Å². The van der Waals surface area contributed by atoms with Gasteiger partial charge >= 0.3 is 0 Å². The summed E-state index contributed by atoms with van der Waals surface area (Å²) in [5.41, 5.74) is 0. The number of carbonyl (C=O) groups excluding carboxylic acids is 1. The van der Waals surface area contributed by atoms with E-state index in [1.54, 1.807) is 0 Å². The molecule has 1 amide bonds. The normalized spacial score (nSPS) is 23.2. The second kappa shape index (κ2) is 7.96. The maximum Gasteiger partial charge on any atom is 0.239 e. The quantitative estimate of drug-likeness (QED) is 0.671. The molecule has 0 radical (unpaired) electrons. The predicted molar refractivity (Wildman–Crippen MR) is 79.8 cm³/mol. The second-order valence-electron chi connectivity index (χ2n) is 5.78. The molecule has 2 fully saturated rings. The molecule has 0 aromatic rings. The van der Waals surface area contributed by atoms with E-state index >= 15 is 0 Å². The van der Waals surface area contributed by atoms with Gasteiger partial charge < -0.3 is 9.64 Å². The van der Waals surface area contributed by atoms with Crippen LogP contribution in [0.5, 0.6) is 0 Å². The van der Waals surface area contributed by atoms with Crippen molar-refractivity contribution in [2.75, 3.05) is 59.0 Å². The molecule has 2 heterocycles. The molecule has 116 valence electrons. The van der Waals surface area contributed by atoms with Crippen molar-refractivity contribution in [2.24, 2.45) is 0 Å². The summed E-state index contributed by atoms with van der Waals surface area (Å²) in [5, 5.41) is 0. The first-order chi connectivity index (χ1) is 9.72. The van der Waals surface area contributed by atoms with Crippen molar-refractivity contribution in [3.8, 4) is 0 Å². The maximum absolute atomic E-state index is 12.4. The van der Waals surface area contributed by atoms with Crippen LogP contribution in [0.15, 0.2) is 0 Å². The topological polar surface area (TPSA) is 36.0 Å². The first-order valence-electron chi connectivity index (χ1n) is 8.05. The number of hydrogen-bond donors (Lipinski definition) is 0. The average Bonchev–Trinajstić information content (AvgIpc) is 3.01. The molecule has 0 spiro atoms. The van der Waals surface area contributed by atoms with Crippen molar-refractivity contribution in [3.05, 3.63) is 0 Å². The fourth-order valence-corrected chi connectivity index (χ4v) is 3.07. The number of rotatable bonds is 6. The Labute approximate surface area is 122 Å². The minimum absolute atomic E-state index is 0.0436. The van der Waals surface area contributed by atoms with Crippen LogP contribution < -0.4 is 0 Å². The van der Waals surface area contributed by atoms with Crippen molar-refractivity contribution in [2.45, 2.75) is 32.7 Å². The SMILES string of the molecule is CCOCCN1CCN([C@@H](C)C(=O)N2CCCC2)CC1. The van der Waals surface area contributed by atoms with Crippen LogP contribution >= 0.6 is 0 Å². The summed E-state index contributed by atoms with van der Waals surface area (Å²) in [6.45, 7) is 12.7. The third kappa shape index (κ3) is 4.17. The van der Waals surface area contributed by atoms with Gasteiger partial charge in [-0.15, -0.1) is 0 Å². The number of piperazine rings is 1. The van der Waals surface area contributed by atoms with Gasteiger partial charge in [-0.25, -0.2) is 0 Å². The minimum Gasteiger partial charge on any atom is -0.380 e. The lowest BCUT2D eigenvalue weighted by Crippen LogP contribution is -2.54. The zero-order valence-corrected chi connectivity index (χ0v) is 13.0. The Morgan fingerprint density at radius 2 is 1.75 bits per heavy atom. The molecule has 5 nitrogen and oxygen atoms in total. The predicted octanol–water partition coefficient (Wildman–Crippen LogP) is 0.651. The van der Waals surface area contributed by atoms with Gasteiger partial charge in [0.25, 0.3) is 0 Å². The van der Waals surface area contributed by atoms with E-state index in [1.807, 2.05) is 11.8 Å². The van der Waals surface area contributed by atoms with E-state index < -0.39 is 0 Å². The smallest absolute Gasteiger partial charge is 0.239 e. The van der Waals surface area contributed by atoms with Crippen LogP contribution in [-0.2, 0) is 9.53 Å². The molecule has 0 aromatic carbocycles. The third-order valence-electron chi connectivity index (χ3n) is 4.49. The Kier molecular flexibility index (Phi) is 6.26. The molecule has 2 aliphatic rings. The molecular weight excluding hydrogens is 254 g/mol. The van der Waals surface area contributed by atoms with E-state index in [-0.39, 0.29) is 6.04 Å². The molecule has 2 aliphatic heterocycles. The second-order valence-corrected chi connectivity index (χ2v) is 5.78. The molecule has 2 rings (SSSR count). The molecule has 1 atom stereocenters. The Hall–Kier alpha value is -0.650. The van der Waals surface area contributed by atoms with Crippen molar-refractivity contribution >= 4 is 5.91 Å². The standard InChI is InChI=1S/C15H29N3O2/c1-3-20-13-12-16-8-10-17(11-9-16)14(2)15(19)18-6-4-5-7-18/h14H,3-13H2,1-2H3/t14-/m0/s1. The number of amides is 1. The molecule has 0 unspecified atom stereocenters. The van der Waals surface area contributed by atoms with Gasteiger partial charge in [0.2, 0.25) is 5.91 Å². The zero-order chi connectivity index (χ0) is 14.4. The average molecular weight is 283 g/mol. The minimum atomic E-state index is 0.0436. The van der Waals surface area contributed by atoms with Gasteiger partial charge in [0.05, 0.1) is 12.6 Å². The molecule has 20 heavy (non-hydrogen) atoms. The highest BCUT2D eigenvalue weighted by molar-refractivity contribution is 5.81. The van der Waals surface area contributed by atoms with E-state index in [1.165, 1.54) is 12.8 Å². The van der Waals surface area contributed by atoms with Gasteiger partial charge in [0.1, 0.15) is 0 Å². The monoisotopic (exact) mass is 283 g/mol. The van der Waals surface area contributed by atoms with Gasteiger partial charge in [0.15, 0.2) is 0 Å². The molecule has 0 aromatic heterocycles. The molecule has 2 saturated heterocycles. The van der Waals surface area contributed by atoms with Gasteiger partial charge in [-0.2, -0.15) is 0 Å². The number of hydrogen-bond acceptors (Lipinski definition) is 4. The number of nitrogens with zero attached hydrogens (tertiary/aromatic N) is 3. The van der Waals surface area contributed by atoms with Gasteiger partial charge in [0, 0.05) is 52.4 Å². The summed E-state index contributed by atoms with van der Waals surface area (Å²) < 4.78 is 5.40. The third-order valence-corrected chi connectivity index (χ3v) is 4.49. The van der Waals surface area contributed by atoms with E-state index in [0.29, 0.717) is 5.91 Å². The molecular formula is C15H29N3O2. The largest absolute Gasteiger partial charge is 0.380 e. The van der Waals surface area contributed by atoms with Crippen LogP contribution in [0.1, 0.15) is 26.7 Å². The fraction of sp³-hybridized carbons (Fsp3) is 0.933. The zero-order valence-electron chi connectivity index (χ0n) is 13.0. The lowest BCUT2D eigenvalue weighted by molar-refractivity contribution is -0.136. The number of ether oxygens (including phenoxy) is 1. The lowest BCUT2D eigenvalue weighted by atomic mass is 10.2.